The Kier molecular flexibility index (Phi) is 0.928. The van der Waals surface area contributed by atoms with Crippen molar-refractivity contribution in [2.75, 3.05) is 11.5 Å². The highest BCUT2D eigenvalue weighted by atomic mass is 32.2. The zero-order chi connectivity index (χ0) is 5.61. The Hall–Kier alpha value is 0.350. The average molecular weight is 128 g/mol. The Labute approximate surface area is 55.0 Å². The summed E-state index contributed by atoms with van der Waals surface area (Å²) >= 11 is 2.14. The second-order valence-corrected chi connectivity index (χ2v) is 4.53. The van der Waals surface area contributed by atoms with Gasteiger partial charge in [-0.05, 0) is 35.7 Å². The van der Waals surface area contributed by atoms with E-state index in [1.165, 1.54) is 24.3 Å². The Morgan fingerprint density at radius 3 is 3.00 bits per heavy atom. The van der Waals surface area contributed by atoms with Crippen molar-refractivity contribution in [3.63, 3.8) is 0 Å². The lowest BCUT2D eigenvalue weighted by Crippen LogP contribution is -2.07. The van der Waals surface area contributed by atoms with E-state index in [0.29, 0.717) is 0 Å². The fourth-order valence-electron chi connectivity index (χ4n) is 1.60. The fourth-order valence-corrected chi connectivity index (χ4v) is 3.18. The van der Waals surface area contributed by atoms with Crippen molar-refractivity contribution < 1.29 is 0 Å². The van der Waals surface area contributed by atoms with Gasteiger partial charge in [-0.3, -0.25) is 0 Å². The quantitative estimate of drug-likeness (QED) is 0.481. The molecule has 1 unspecified atom stereocenters. The summed E-state index contributed by atoms with van der Waals surface area (Å²) in [6, 6.07) is 0. The van der Waals surface area contributed by atoms with Crippen LogP contribution < -0.4 is 0 Å². The Balaban J connectivity index is 2.04. The van der Waals surface area contributed by atoms with Crippen LogP contribution in [0.5, 0.6) is 0 Å². The first kappa shape index (κ1) is 5.16. The van der Waals surface area contributed by atoms with Gasteiger partial charge in [-0.2, -0.15) is 11.8 Å². The maximum Gasteiger partial charge on any atom is -0.00337 e. The number of fused-ring (bicyclic) bond motifs is 1. The number of thioether (sulfide) groups is 1. The molecule has 0 nitrogen and oxygen atoms in total. The molecular weight excluding hydrogens is 116 g/mol. The molecule has 0 aromatic rings. The second-order valence-electron chi connectivity index (χ2n) is 3.38. The summed E-state index contributed by atoms with van der Waals surface area (Å²) in [5.74, 6) is 3.99. The van der Waals surface area contributed by atoms with Crippen molar-refractivity contribution in [3.8, 4) is 0 Å². The third-order valence-corrected chi connectivity index (χ3v) is 3.81. The van der Waals surface area contributed by atoms with Gasteiger partial charge in [0.1, 0.15) is 0 Å². The molecular formula is C7H12S. The monoisotopic (exact) mass is 128 g/mol. The fraction of sp³-hybridized carbons (Fsp3) is 1.00. The summed E-state index contributed by atoms with van der Waals surface area (Å²) in [5.41, 5.74) is 0.825. The lowest BCUT2D eigenvalue weighted by atomic mass is 10.0. The van der Waals surface area contributed by atoms with Gasteiger partial charge in [0.2, 0.25) is 0 Å². The van der Waals surface area contributed by atoms with E-state index in [9.17, 15) is 0 Å². The summed E-state index contributed by atoms with van der Waals surface area (Å²) in [6.45, 7) is 2.44. The third kappa shape index (κ3) is 0.604. The van der Waals surface area contributed by atoms with Crippen molar-refractivity contribution in [1.29, 1.82) is 0 Å². The van der Waals surface area contributed by atoms with Crippen LogP contribution in [0.1, 0.15) is 19.8 Å². The average Bonchev–Trinajstić information content (AvgIpc) is 2.39. The molecule has 1 saturated heterocycles. The number of hydrogen-bond donors (Lipinski definition) is 0. The molecule has 0 N–H and O–H groups in total. The van der Waals surface area contributed by atoms with Crippen LogP contribution in [-0.4, -0.2) is 11.5 Å². The first-order valence-electron chi connectivity index (χ1n) is 3.39. The SMILES string of the molecule is C[C@@]12CCSCC1C2. The molecule has 2 aliphatic rings. The minimum Gasteiger partial charge on any atom is -0.162 e. The molecule has 1 saturated carbocycles. The molecule has 2 rings (SSSR count). The highest BCUT2D eigenvalue weighted by Crippen LogP contribution is 2.59. The molecule has 0 aromatic carbocycles. The summed E-state index contributed by atoms with van der Waals surface area (Å²) in [6.07, 6.45) is 3.02. The van der Waals surface area contributed by atoms with Crippen molar-refractivity contribution in [2.24, 2.45) is 11.3 Å². The van der Waals surface area contributed by atoms with E-state index in [4.69, 9.17) is 0 Å². The lowest BCUT2D eigenvalue weighted by molar-refractivity contribution is 0.499. The summed E-state index contributed by atoms with van der Waals surface area (Å²) in [4.78, 5) is 0. The van der Waals surface area contributed by atoms with Gasteiger partial charge in [0.25, 0.3) is 0 Å². The van der Waals surface area contributed by atoms with Gasteiger partial charge in [-0.15, -0.1) is 0 Å². The molecule has 46 valence electrons. The first-order valence-corrected chi connectivity index (χ1v) is 4.54. The summed E-state index contributed by atoms with van der Waals surface area (Å²) in [7, 11) is 0. The predicted octanol–water partition coefficient (Wildman–Crippen LogP) is 2.15. The molecule has 1 aliphatic carbocycles. The van der Waals surface area contributed by atoms with Gasteiger partial charge in [0.05, 0.1) is 0 Å². The molecule has 1 heteroatoms. The van der Waals surface area contributed by atoms with Gasteiger partial charge < -0.3 is 0 Å². The normalized spacial score (nSPS) is 52.9. The number of rotatable bonds is 0. The molecule has 8 heavy (non-hydrogen) atoms. The zero-order valence-electron chi connectivity index (χ0n) is 5.31. The minimum absolute atomic E-state index is 0.825. The molecule has 0 radical (unpaired) electrons. The van der Waals surface area contributed by atoms with Crippen LogP contribution in [0.25, 0.3) is 0 Å². The molecule has 2 atom stereocenters. The Morgan fingerprint density at radius 1 is 1.62 bits per heavy atom. The van der Waals surface area contributed by atoms with Crippen LogP contribution >= 0.6 is 11.8 Å². The van der Waals surface area contributed by atoms with Crippen LogP contribution in [-0.2, 0) is 0 Å². The van der Waals surface area contributed by atoms with Gasteiger partial charge >= 0.3 is 0 Å². The molecule has 1 heterocycles. The van der Waals surface area contributed by atoms with E-state index in [0.717, 1.165) is 11.3 Å². The maximum atomic E-state index is 2.44. The van der Waals surface area contributed by atoms with Crippen LogP contribution in [0.3, 0.4) is 0 Å². The Morgan fingerprint density at radius 2 is 2.50 bits per heavy atom. The van der Waals surface area contributed by atoms with E-state index < -0.39 is 0 Å². The van der Waals surface area contributed by atoms with Crippen molar-refractivity contribution in [3.05, 3.63) is 0 Å². The van der Waals surface area contributed by atoms with Gasteiger partial charge in [0, 0.05) is 0 Å². The lowest BCUT2D eigenvalue weighted by Gasteiger charge is -2.15. The third-order valence-electron chi connectivity index (χ3n) is 2.67. The minimum atomic E-state index is 0.825. The van der Waals surface area contributed by atoms with Gasteiger partial charge in [-0.1, -0.05) is 6.92 Å². The Bertz CT molecular complexity index is 109. The summed E-state index contributed by atoms with van der Waals surface area (Å²) < 4.78 is 0. The van der Waals surface area contributed by atoms with E-state index in [1.54, 1.807) is 0 Å². The van der Waals surface area contributed by atoms with Crippen molar-refractivity contribution in [1.82, 2.24) is 0 Å². The highest BCUT2D eigenvalue weighted by Gasteiger charge is 2.50. The molecule has 0 aromatic heterocycles. The maximum absolute atomic E-state index is 2.44. The van der Waals surface area contributed by atoms with E-state index in [2.05, 4.69) is 18.7 Å². The molecule has 0 spiro atoms. The molecule has 0 amide bonds. The summed E-state index contributed by atoms with van der Waals surface area (Å²) in [5, 5.41) is 0. The van der Waals surface area contributed by atoms with Crippen molar-refractivity contribution >= 4 is 11.8 Å². The standard InChI is InChI=1S/C7H12S/c1-7-2-3-8-5-6(7)4-7/h6H,2-5H2,1H3/t6?,7-/m0/s1. The molecule has 1 aliphatic heterocycles. The smallest absolute Gasteiger partial charge is 0.00337 e. The van der Waals surface area contributed by atoms with Crippen molar-refractivity contribution in [2.45, 2.75) is 19.8 Å². The van der Waals surface area contributed by atoms with Crippen LogP contribution in [0.4, 0.5) is 0 Å². The van der Waals surface area contributed by atoms with Gasteiger partial charge in [-0.25, -0.2) is 0 Å². The second kappa shape index (κ2) is 1.44. The largest absolute Gasteiger partial charge is 0.162 e. The van der Waals surface area contributed by atoms with E-state index in [-0.39, 0.29) is 0 Å². The highest BCUT2D eigenvalue weighted by molar-refractivity contribution is 7.99. The molecule has 2 fully saturated rings. The predicted molar refractivity (Wildman–Crippen MR) is 38.2 cm³/mol. The first-order chi connectivity index (χ1) is 3.81. The van der Waals surface area contributed by atoms with E-state index in [1.807, 2.05) is 0 Å². The molecule has 0 bridgehead atoms. The van der Waals surface area contributed by atoms with E-state index >= 15 is 0 Å². The topological polar surface area (TPSA) is 0 Å². The van der Waals surface area contributed by atoms with Gasteiger partial charge in [0.15, 0.2) is 0 Å². The zero-order valence-corrected chi connectivity index (χ0v) is 6.13. The van der Waals surface area contributed by atoms with Crippen LogP contribution in [0.15, 0.2) is 0 Å². The number of hydrogen-bond acceptors (Lipinski definition) is 1. The van der Waals surface area contributed by atoms with Crippen LogP contribution in [0, 0.1) is 11.3 Å². The van der Waals surface area contributed by atoms with Crippen LogP contribution in [0.2, 0.25) is 0 Å².